The molecular weight excluding hydrogens is 216 g/mol. The Morgan fingerprint density at radius 3 is 2.65 bits per heavy atom. The minimum absolute atomic E-state index is 0.328. The minimum atomic E-state index is -0.328. The lowest BCUT2D eigenvalue weighted by atomic mass is 10.1. The summed E-state index contributed by atoms with van der Waals surface area (Å²) in [6.45, 7) is 0. The first-order chi connectivity index (χ1) is 8.28. The van der Waals surface area contributed by atoms with Crippen molar-refractivity contribution in [2.75, 3.05) is 7.11 Å². The van der Waals surface area contributed by atoms with Gasteiger partial charge in [0.2, 0.25) is 0 Å². The summed E-state index contributed by atoms with van der Waals surface area (Å²) >= 11 is 0. The zero-order valence-electron chi connectivity index (χ0n) is 9.27. The van der Waals surface area contributed by atoms with E-state index in [0.717, 1.165) is 21.9 Å². The van der Waals surface area contributed by atoms with Crippen LogP contribution in [-0.4, -0.2) is 7.11 Å². The molecule has 0 aliphatic rings. The van der Waals surface area contributed by atoms with Gasteiger partial charge in [-0.15, -0.1) is 0 Å². The highest BCUT2D eigenvalue weighted by Crippen LogP contribution is 2.27. The molecule has 1 aromatic heterocycles. The molecule has 17 heavy (non-hydrogen) atoms. The summed E-state index contributed by atoms with van der Waals surface area (Å²) in [7, 11) is 1.64. The van der Waals surface area contributed by atoms with E-state index in [-0.39, 0.29) is 5.63 Å². The number of hydrogen-bond donors (Lipinski definition) is 0. The van der Waals surface area contributed by atoms with Gasteiger partial charge in [-0.2, -0.15) is 0 Å². The summed E-state index contributed by atoms with van der Waals surface area (Å²) in [4.78, 5) is 11.1. The summed E-state index contributed by atoms with van der Waals surface area (Å²) in [6.07, 6.45) is 0. The van der Waals surface area contributed by atoms with Crippen LogP contribution in [0.3, 0.4) is 0 Å². The van der Waals surface area contributed by atoms with Gasteiger partial charge in [0.15, 0.2) is 0 Å². The number of fused-ring (bicyclic) bond motifs is 3. The lowest BCUT2D eigenvalue weighted by Crippen LogP contribution is -1.94. The molecule has 1 heterocycles. The summed E-state index contributed by atoms with van der Waals surface area (Å²) in [6, 6.07) is 12.8. The van der Waals surface area contributed by atoms with E-state index < -0.39 is 0 Å². The molecule has 0 fully saturated rings. The molecule has 0 spiro atoms. The van der Waals surface area contributed by atoms with Crippen molar-refractivity contribution >= 4 is 21.7 Å². The van der Waals surface area contributed by atoms with E-state index in [1.165, 1.54) is 6.07 Å². The van der Waals surface area contributed by atoms with Gasteiger partial charge in [0.25, 0.3) is 0 Å². The van der Waals surface area contributed by atoms with Crippen LogP contribution in [0.4, 0.5) is 0 Å². The van der Waals surface area contributed by atoms with Crippen LogP contribution >= 0.6 is 0 Å². The van der Waals surface area contributed by atoms with Gasteiger partial charge in [0.05, 0.1) is 7.11 Å². The molecule has 0 saturated carbocycles. The van der Waals surface area contributed by atoms with E-state index in [1.54, 1.807) is 19.2 Å². The number of methoxy groups -OCH3 is 1. The normalized spacial score (nSPS) is 10.9. The molecule has 0 aliphatic heterocycles. The first-order valence-corrected chi connectivity index (χ1v) is 5.28. The molecule has 3 heteroatoms. The molecule has 3 rings (SSSR count). The largest absolute Gasteiger partial charge is 0.497 e. The second kappa shape index (κ2) is 3.63. The summed E-state index contributed by atoms with van der Waals surface area (Å²) in [5.41, 5.74) is 0.278. The Bertz CT molecular complexity index is 756. The number of hydrogen-bond acceptors (Lipinski definition) is 3. The van der Waals surface area contributed by atoms with Crippen LogP contribution in [0.15, 0.2) is 51.7 Å². The molecule has 0 atom stereocenters. The smallest absolute Gasteiger partial charge is 0.336 e. The predicted octanol–water partition coefficient (Wildman–Crippen LogP) is 2.95. The van der Waals surface area contributed by atoms with Crippen molar-refractivity contribution in [1.82, 2.24) is 0 Å². The Kier molecular flexibility index (Phi) is 2.11. The summed E-state index contributed by atoms with van der Waals surface area (Å²) in [5.74, 6) is 0.814. The fourth-order valence-corrected chi connectivity index (χ4v) is 1.99. The van der Waals surface area contributed by atoms with Crippen molar-refractivity contribution in [3.05, 3.63) is 52.9 Å². The third-order valence-corrected chi connectivity index (χ3v) is 2.83. The fourth-order valence-electron chi connectivity index (χ4n) is 1.99. The van der Waals surface area contributed by atoms with Crippen LogP contribution in [0.1, 0.15) is 0 Å². The van der Waals surface area contributed by atoms with Crippen LogP contribution in [0.25, 0.3) is 21.7 Å². The maximum atomic E-state index is 11.1. The van der Waals surface area contributed by atoms with Crippen LogP contribution < -0.4 is 10.4 Å². The monoisotopic (exact) mass is 226 g/mol. The van der Waals surface area contributed by atoms with Gasteiger partial charge in [-0.05, 0) is 41.1 Å². The predicted molar refractivity (Wildman–Crippen MR) is 66.5 cm³/mol. The molecule has 0 radical (unpaired) electrons. The van der Waals surface area contributed by atoms with Crippen LogP contribution in [-0.2, 0) is 0 Å². The topological polar surface area (TPSA) is 39.4 Å². The van der Waals surface area contributed by atoms with Crippen molar-refractivity contribution in [3.63, 3.8) is 0 Å². The molecule has 0 aliphatic carbocycles. The highest BCUT2D eigenvalue weighted by atomic mass is 16.5. The Labute approximate surface area is 97.2 Å². The number of rotatable bonds is 1. The maximum absolute atomic E-state index is 11.1. The van der Waals surface area contributed by atoms with Gasteiger partial charge in [-0.3, -0.25) is 0 Å². The van der Waals surface area contributed by atoms with Crippen molar-refractivity contribution < 1.29 is 9.15 Å². The van der Waals surface area contributed by atoms with Gasteiger partial charge >= 0.3 is 5.63 Å². The van der Waals surface area contributed by atoms with Gasteiger partial charge in [0, 0.05) is 11.5 Å². The highest BCUT2D eigenvalue weighted by Gasteiger charge is 2.03. The van der Waals surface area contributed by atoms with Crippen molar-refractivity contribution in [1.29, 1.82) is 0 Å². The fraction of sp³-hybridized carbons (Fsp3) is 0.0714. The molecule has 0 saturated heterocycles. The van der Waals surface area contributed by atoms with Gasteiger partial charge in [0.1, 0.15) is 11.3 Å². The third kappa shape index (κ3) is 1.56. The molecular formula is C14H10O3. The Hall–Kier alpha value is -2.29. The first-order valence-electron chi connectivity index (χ1n) is 5.28. The molecule has 0 bridgehead atoms. The van der Waals surface area contributed by atoms with E-state index in [0.29, 0.717) is 5.58 Å². The molecule has 0 N–H and O–H groups in total. The van der Waals surface area contributed by atoms with Crippen LogP contribution in [0.2, 0.25) is 0 Å². The van der Waals surface area contributed by atoms with E-state index in [4.69, 9.17) is 9.15 Å². The molecule has 2 aromatic carbocycles. The molecule has 0 amide bonds. The molecule has 3 nitrogen and oxygen atoms in total. The zero-order valence-corrected chi connectivity index (χ0v) is 9.27. The maximum Gasteiger partial charge on any atom is 0.336 e. The van der Waals surface area contributed by atoms with E-state index >= 15 is 0 Å². The van der Waals surface area contributed by atoms with Crippen molar-refractivity contribution in [3.8, 4) is 5.75 Å². The summed E-state index contributed by atoms with van der Waals surface area (Å²) in [5, 5.41) is 3.04. The standard InChI is InChI=1S/C14H10O3/c1-16-10-3-4-11-9(8-10)2-6-13-12(11)5-7-14(15)17-13/h2-8H,1H3. The second-order valence-electron chi connectivity index (χ2n) is 3.82. The number of benzene rings is 2. The molecule has 84 valence electrons. The van der Waals surface area contributed by atoms with Gasteiger partial charge < -0.3 is 9.15 Å². The van der Waals surface area contributed by atoms with E-state index in [2.05, 4.69) is 0 Å². The van der Waals surface area contributed by atoms with Crippen molar-refractivity contribution in [2.45, 2.75) is 0 Å². The van der Waals surface area contributed by atoms with Crippen LogP contribution in [0, 0.1) is 0 Å². The molecule has 0 unspecified atom stereocenters. The SMILES string of the molecule is COc1ccc2c(ccc3oc(=O)ccc32)c1. The minimum Gasteiger partial charge on any atom is -0.497 e. The summed E-state index contributed by atoms with van der Waals surface area (Å²) < 4.78 is 10.3. The van der Waals surface area contributed by atoms with E-state index in [9.17, 15) is 4.79 Å². The average molecular weight is 226 g/mol. The lowest BCUT2D eigenvalue weighted by molar-refractivity contribution is 0.415. The molecule has 3 aromatic rings. The van der Waals surface area contributed by atoms with Gasteiger partial charge in [-0.1, -0.05) is 6.07 Å². The van der Waals surface area contributed by atoms with Crippen molar-refractivity contribution in [2.24, 2.45) is 0 Å². The quantitative estimate of drug-likeness (QED) is 0.473. The second-order valence-corrected chi connectivity index (χ2v) is 3.82. The van der Waals surface area contributed by atoms with E-state index in [1.807, 2.05) is 24.3 Å². The highest BCUT2D eigenvalue weighted by molar-refractivity contribution is 6.05. The third-order valence-electron chi connectivity index (χ3n) is 2.83. The Balaban J connectivity index is 2.44. The average Bonchev–Trinajstić information content (AvgIpc) is 2.37. The first kappa shape index (κ1) is 9.90. The zero-order chi connectivity index (χ0) is 11.8. The number of ether oxygens (including phenoxy) is 1. The Morgan fingerprint density at radius 2 is 1.82 bits per heavy atom. The van der Waals surface area contributed by atoms with Gasteiger partial charge in [-0.25, -0.2) is 4.79 Å². The Morgan fingerprint density at radius 1 is 1.00 bits per heavy atom. The lowest BCUT2D eigenvalue weighted by Gasteiger charge is -2.04. The van der Waals surface area contributed by atoms with Crippen LogP contribution in [0.5, 0.6) is 5.75 Å².